The molecule has 3 aromatic rings. The Hall–Kier alpha value is -3.15. The lowest BCUT2D eigenvalue weighted by molar-refractivity contribution is -0.116. The van der Waals surface area contributed by atoms with Gasteiger partial charge in [0, 0.05) is 12.0 Å². The van der Waals surface area contributed by atoms with Crippen molar-refractivity contribution in [1.29, 1.82) is 0 Å². The first-order chi connectivity index (χ1) is 11.7. The summed E-state index contributed by atoms with van der Waals surface area (Å²) >= 11 is 0. The Kier molecular flexibility index (Phi) is 4.86. The van der Waals surface area contributed by atoms with Crippen molar-refractivity contribution >= 4 is 11.9 Å². The highest BCUT2D eigenvalue weighted by atomic mass is 16.5. The summed E-state index contributed by atoms with van der Waals surface area (Å²) in [6.07, 6.45) is 1.07. The van der Waals surface area contributed by atoms with Gasteiger partial charge in [0.1, 0.15) is 5.75 Å². The number of hydrogen-bond donors (Lipinski definition) is 2. The maximum atomic E-state index is 12.0. The number of H-pyrrole nitrogens is 1. The van der Waals surface area contributed by atoms with E-state index in [1.54, 1.807) is 7.11 Å². The third-order valence-electron chi connectivity index (χ3n) is 3.58. The third kappa shape index (κ3) is 3.98. The van der Waals surface area contributed by atoms with Gasteiger partial charge in [-0.1, -0.05) is 30.3 Å². The van der Waals surface area contributed by atoms with E-state index in [0.29, 0.717) is 18.7 Å². The molecular formula is C18H18N4O2. The summed E-state index contributed by atoms with van der Waals surface area (Å²) in [7, 11) is 1.62. The third-order valence-corrected chi connectivity index (χ3v) is 3.58. The van der Waals surface area contributed by atoms with Crippen LogP contribution >= 0.6 is 0 Å². The maximum absolute atomic E-state index is 12.0. The van der Waals surface area contributed by atoms with E-state index in [4.69, 9.17) is 4.74 Å². The monoisotopic (exact) mass is 322 g/mol. The molecule has 2 aromatic carbocycles. The minimum Gasteiger partial charge on any atom is -0.497 e. The van der Waals surface area contributed by atoms with Gasteiger partial charge in [-0.15, -0.1) is 5.10 Å². The second kappa shape index (κ2) is 7.41. The molecule has 0 fully saturated rings. The molecule has 6 nitrogen and oxygen atoms in total. The smallest absolute Gasteiger partial charge is 0.249 e. The van der Waals surface area contributed by atoms with Crippen molar-refractivity contribution in [1.82, 2.24) is 15.2 Å². The lowest BCUT2D eigenvalue weighted by Crippen LogP contribution is -2.13. The zero-order chi connectivity index (χ0) is 16.8. The van der Waals surface area contributed by atoms with Gasteiger partial charge < -0.3 is 4.74 Å². The number of anilines is 1. The molecule has 0 aliphatic heterocycles. The summed E-state index contributed by atoms with van der Waals surface area (Å²) in [6, 6.07) is 17.3. The number of nitrogens with one attached hydrogen (secondary N) is 2. The highest BCUT2D eigenvalue weighted by Gasteiger charge is 2.09. The molecule has 3 rings (SSSR count). The first-order valence-electron chi connectivity index (χ1n) is 7.65. The lowest BCUT2D eigenvalue weighted by Gasteiger charge is -2.01. The second-order valence-corrected chi connectivity index (χ2v) is 5.27. The minimum absolute atomic E-state index is 0.112. The van der Waals surface area contributed by atoms with Gasteiger partial charge >= 0.3 is 0 Å². The Morgan fingerprint density at radius 2 is 1.88 bits per heavy atom. The predicted molar refractivity (Wildman–Crippen MR) is 91.8 cm³/mol. The first kappa shape index (κ1) is 15.7. The SMILES string of the molecule is COc1ccc(-c2nc(NC(=O)CCc3ccccc3)n[nH]2)cc1. The van der Waals surface area contributed by atoms with Gasteiger partial charge in [-0.2, -0.15) is 4.98 Å². The van der Waals surface area contributed by atoms with Crippen LogP contribution in [0.2, 0.25) is 0 Å². The Bertz CT molecular complexity index is 797. The van der Waals surface area contributed by atoms with Crippen molar-refractivity contribution in [2.75, 3.05) is 12.4 Å². The molecule has 0 saturated heterocycles. The van der Waals surface area contributed by atoms with E-state index in [0.717, 1.165) is 16.9 Å². The van der Waals surface area contributed by atoms with Crippen molar-refractivity contribution in [3.63, 3.8) is 0 Å². The van der Waals surface area contributed by atoms with Crippen LogP contribution in [-0.4, -0.2) is 28.2 Å². The number of aryl methyl sites for hydroxylation is 1. The molecule has 6 heteroatoms. The molecule has 0 unspecified atom stereocenters. The fourth-order valence-corrected chi connectivity index (χ4v) is 2.29. The Balaban J connectivity index is 1.58. The van der Waals surface area contributed by atoms with Gasteiger partial charge in [0.15, 0.2) is 5.82 Å². The summed E-state index contributed by atoms with van der Waals surface area (Å²) in [5, 5.41) is 9.56. The molecule has 122 valence electrons. The number of rotatable bonds is 6. The van der Waals surface area contributed by atoms with Gasteiger partial charge in [-0.3, -0.25) is 15.2 Å². The van der Waals surface area contributed by atoms with Gasteiger partial charge in [0.2, 0.25) is 11.9 Å². The second-order valence-electron chi connectivity index (χ2n) is 5.27. The molecule has 0 saturated carbocycles. The molecule has 0 radical (unpaired) electrons. The molecule has 1 heterocycles. The number of nitrogens with zero attached hydrogens (tertiary/aromatic N) is 2. The highest BCUT2D eigenvalue weighted by Crippen LogP contribution is 2.19. The van der Waals surface area contributed by atoms with E-state index in [-0.39, 0.29) is 11.9 Å². The number of carbonyl (C=O) groups is 1. The molecule has 0 atom stereocenters. The molecular weight excluding hydrogens is 304 g/mol. The van der Waals surface area contributed by atoms with Gasteiger partial charge in [-0.05, 0) is 36.2 Å². The summed E-state index contributed by atoms with van der Waals surface area (Å²) < 4.78 is 5.12. The standard InChI is InChI=1S/C18H18N4O2/c1-24-15-10-8-14(9-11-15)17-20-18(22-21-17)19-16(23)12-7-13-5-3-2-4-6-13/h2-6,8-11H,7,12H2,1H3,(H2,19,20,21,22,23). The van der Waals surface area contributed by atoms with Crippen LogP contribution in [0.4, 0.5) is 5.95 Å². The quantitative estimate of drug-likeness (QED) is 0.731. The highest BCUT2D eigenvalue weighted by molar-refractivity contribution is 5.89. The van der Waals surface area contributed by atoms with E-state index in [2.05, 4.69) is 20.5 Å². The zero-order valence-corrected chi connectivity index (χ0v) is 13.3. The van der Waals surface area contributed by atoms with Crippen LogP contribution < -0.4 is 10.1 Å². The van der Waals surface area contributed by atoms with Crippen LogP contribution in [0, 0.1) is 0 Å². The van der Waals surface area contributed by atoms with Crippen molar-refractivity contribution < 1.29 is 9.53 Å². The topological polar surface area (TPSA) is 79.9 Å². The number of carbonyl (C=O) groups excluding carboxylic acids is 1. The molecule has 24 heavy (non-hydrogen) atoms. The van der Waals surface area contributed by atoms with E-state index in [1.807, 2.05) is 54.6 Å². The molecule has 1 aromatic heterocycles. The van der Waals surface area contributed by atoms with Crippen molar-refractivity contribution in [2.24, 2.45) is 0 Å². The number of aromatic nitrogens is 3. The van der Waals surface area contributed by atoms with Crippen molar-refractivity contribution in [3.8, 4) is 17.1 Å². The molecule has 0 spiro atoms. The number of methoxy groups -OCH3 is 1. The number of amides is 1. The molecule has 0 aliphatic carbocycles. The first-order valence-corrected chi connectivity index (χ1v) is 7.65. The fourth-order valence-electron chi connectivity index (χ4n) is 2.29. The summed E-state index contributed by atoms with van der Waals surface area (Å²) in [4.78, 5) is 16.3. The van der Waals surface area contributed by atoms with E-state index < -0.39 is 0 Å². The maximum Gasteiger partial charge on any atom is 0.249 e. The van der Waals surface area contributed by atoms with Crippen LogP contribution in [0.3, 0.4) is 0 Å². The Labute approximate surface area is 139 Å². The number of benzene rings is 2. The van der Waals surface area contributed by atoms with Crippen LogP contribution in [-0.2, 0) is 11.2 Å². The minimum atomic E-state index is -0.112. The van der Waals surface area contributed by atoms with Crippen LogP contribution in [0.15, 0.2) is 54.6 Å². The molecule has 0 bridgehead atoms. The summed E-state index contributed by atoms with van der Waals surface area (Å²) in [5.74, 6) is 1.53. The number of aromatic amines is 1. The summed E-state index contributed by atoms with van der Waals surface area (Å²) in [6.45, 7) is 0. The van der Waals surface area contributed by atoms with Gasteiger partial charge in [0.05, 0.1) is 7.11 Å². The average molecular weight is 322 g/mol. The fraction of sp³-hybridized carbons (Fsp3) is 0.167. The predicted octanol–water partition coefficient (Wildman–Crippen LogP) is 3.05. The summed E-state index contributed by atoms with van der Waals surface area (Å²) in [5.41, 5.74) is 2.00. The molecule has 2 N–H and O–H groups in total. The van der Waals surface area contributed by atoms with Crippen LogP contribution in [0.1, 0.15) is 12.0 Å². The van der Waals surface area contributed by atoms with Gasteiger partial charge in [-0.25, -0.2) is 0 Å². The van der Waals surface area contributed by atoms with Crippen molar-refractivity contribution in [3.05, 3.63) is 60.2 Å². The normalized spacial score (nSPS) is 10.4. The van der Waals surface area contributed by atoms with E-state index in [9.17, 15) is 4.79 Å². The Morgan fingerprint density at radius 1 is 1.12 bits per heavy atom. The van der Waals surface area contributed by atoms with Crippen molar-refractivity contribution in [2.45, 2.75) is 12.8 Å². The molecule has 0 aliphatic rings. The molecule has 1 amide bonds. The lowest BCUT2D eigenvalue weighted by atomic mass is 10.1. The largest absolute Gasteiger partial charge is 0.497 e. The zero-order valence-electron chi connectivity index (χ0n) is 13.3. The number of ether oxygens (including phenoxy) is 1. The number of hydrogen-bond acceptors (Lipinski definition) is 4. The van der Waals surface area contributed by atoms with E-state index in [1.165, 1.54) is 0 Å². The average Bonchev–Trinajstić information content (AvgIpc) is 3.09. The van der Waals surface area contributed by atoms with Crippen LogP contribution in [0.5, 0.6) is 5.75 Å². The van der Waals surface area contributed by atoms with Crippen LogP contribution in [0.25, 0.3) is 11.4 Å². The van der Waals surface area contributed by atoms with E-state index >= 15 is 0 Å². The van der Waals surface area contributed by atoms with Gasteiger partial charge in [0.25, 0.3) is 0 Å². The Morgan fingerprint density at radius 3 is 2.58 bits per heavy atom.